The first-order chi connectivity index (χ1) is 16.5. The van der Waals surface area contributed by atoms with Crippen molar-refractivity contribution >= 4 is 5.97 Å². The molecule has 0 aromatic heterocycles. The average Bonchev–Trinajstić information content (AvgIpc) is 2.86. The van der Waals surface area contributed by atoms with Crippen LogP contribution in [0.4, 0.5) is 0 Å². The topological polar surface area (TPSA) is 65.0 Å². The maximum Gasteiger partial charge on any atom is 0.338 e. The number of hydrogen-bond donors (Lipinski definition) is 1. The summed E-state index contributed by atoms with van der Waals surface area (Å²) in [6, 6.07) is 22.6. The summed E-state index contributed by atoms with van der Waals surface area (Å²) in [5.74, 6) is 5.59. The standard InChI is InChI=1S/C29H26O5/c1-4-17-32-26-13-9-22(10-14-26)28(23-11-15-27(16-12-23)33-18-5-2)24-7-6-8-25(19-24)29(31)34-20-21(3)30/h1-2,6-16,19,21,28,30H,17-18,20H2,3H3. The summed E-state index contributed by atoms with van der Waals surface area (Å²) in [4.78, 5) is 12.5. The summed E-state index contributed by atoms with van der Waals surface area (Å²) in [5.41, 5.74) is 3.31. The molecule has 3 aromatic carbocycles. The van der Waals surface area contributed by atoms with Crippen molar-refractivity contribution in [3.05, 3.63) is 95.1 Å². The zero-order valence-corrected chi connectivity index (χ0v) is 18.9. The van der Waals surface area contributed by atoms with Crippen LogP contribution in [0.15, 0.2) is 72.8 Å². The van der Waals surface area contributed by atoms with Gasteiger partial charge < -0.3 is 19.3 Å². The zero-order valence-electron chi connectivity index (χ0n) is 18.9. The number of rotatable bonds is 10. The van der Waals surface area contributed by atoms with Crippen LogP contribution in [0, 0.1) is 24.7 Å². The molecule has 0 saturated carbocycles. The molecule has 0 saturated heterocycles. The van der Waals surface area contributed by atoms with Gasteiger partial charge in [-0.1, -0.05) is 48.2 Å². The van der Waals surface area contributed by atoms with Crippen molar-refractivity contribution in [3.63, 3.8) is 0 Å². The average molecular weight is 455 g/mol. The van der Waals surface area contributed by atoms with Crippen molar-refractivity contribution in [2.45, 2.75) is 18.9 Å². The molecule has 3 rings (SSSR count). The number of aliphatic hydroxyl groups excluding tert-OH is 1. The molecular weight excluding hydrogens is 428 g/mol. The van der Waals surface area contributed by atoms with E-state index in [-0.39, 0.29) is 25.7 Å². The second-order valence-corrected chi connectivity index (χ2v) is 7.63. The highest BCUT2D eigenvalue weighted by Crippen LogP contribution is 2.34. The first kappa shape index (κ1) is 24.5. The fourth-order valence-electron chi connectivity index (χ4n) is 3.47. The predicted octanol–water partition coefficient (Wildman–Crippen LogP) is 4.43. The highest BCUT2D eigenvalue weighted by Gasteiger charge is 2.19. The molecule has 0 heterocycles. The van der Waals surface area contributed by atoms with Gasteiger partial charge in [0.2, 0.25) is 0 Å². The van der Waals surface area contributed by atoms with E-state index in [0.717, 1.165) is 16.7 Å². The van der Waals surface area contributed by atoms with Crippen molar-refractivity contribution in [1.82, 2.24) is 0 Å². The lowest BCUT2D eigenvalue weighted by Crippen LogP contribution is -2.15. The summed E-state index contributed by atoms with van der Waals surface area (Å²) in [7, 11) is 0. The molecule has 0 fully saturated rings. The van der Waals surface area contributed by atoms with Crippen LogP contribution < -0.4 is 9.47 Å². The molecular formula is C29H26O5. The highest BCUT2D eigenvalue weighted by atomic mass is 16.5. The fourth-order valence-corrected chi connectivity index (χ4v) is 3.47. The van der Waals surface area contributed by atoms with E-state index in [1.54, 1.807) is 19.1 Å². The zero-order chi connectivity index (χ0) is 24.3. The van der Waals surface area contributed by atoms with Gasteiger partial charge in [0.1, 0.15) is 31.3 Å². The SMILES string of the molecule is C#CCOc1ccc(C(c2ccc(OCC#C)cc2)c2cccc(C(=O)OCC(C)O)c2)cc1. The lowest BCUT2D eigenvalue weighted by Gasteiger charge is -2.20. The number of carbonyl (C=O) groups excluding carboxylic acids is 1. The second-order valence-electron chi connectivity index (χ2n) is 7.63. The quantitative estimate of drug-likeness (QED) is 0.279. The third-order valence-corrected chi connectivity index (χ3v) is 4.98. The summed E-state index contributed by atoms with van der Waals surface area (Å²) in [6.45, 7) is 1.88. The number of ether oxygens (including phenoxy) is 3. The lowest BCUT2D eigenvalue weighted by molar-refractivity contribution is 0.0296. The van der Waals surface area contributed by atoms with E-state index in [4.69, 9.17) is 27.1 Å². The van der Waals surface area contributed by atoms with E-state index >= 15 is 0 Å². The molecule has 1 N–H and O–H groups in total. The van der Waals surface area contributed by atoms with Crippen LogP contribution in [0.2, 0.25) is 0 Å². The molecule has 1 atom stereocenters. The number of carbonyl (C=O) groups is 1. The van der Waals surface area contributed by atoms with Gasteiger partial charge in [-0.3, -0.25) is 0 Å². The number of hydrogen-bond acceptors (Lipinski definition) is 5. The van der Waals surface area contributed by atoms with Crippen LogP contribution in [-0.4, -0.2) is 37.0 Å². The van der Waals surface area contributed by atoms with Crippen molar-refractivity contribution in [2.75, 3.05) is 19.8 Å². The normalized spacial score (nSPS) is 11.2. The number of aliphatic hydroxyl groups is 1. The Bertz CT molecular complexity index is 1100. The molecule has 1 unspecified atom stereocenters. The summed E-state index contributed by atoms with van der Waals surface area (Å²) >= 11 is 0. The van der Waals surface area contributed by atoms with E-state index in [0.29, 0.717) is 17.1 Å². The van der Waals surface area contributed by atoms with Gasteiger partial charge in [0.15, 0.2) is 0 Å². The van der Waals surface area contributed by atoms with Gasteiger partial charge in [0.25, 0.3) is 0 Å². The minimum atomic E-state index is -0.731. The molecule has 0 amide bonds. The van der Waals surface area contributed by atoms with Crippen LogP contribution >= 0.6 is 0 Å². The summed E-state index contributed by atoms with van der Waals surface area (Å²) < 4.78 is 16.2. The van der Waals surface area contributed by atoms with Gasteiger partial charge in [-0.05, 0) is 60.0 Å². The Balaban J connectivity index is 1.97. The van der Waals surface area contributed by atoms with E-state index < -0.39 is 12.1 Å². The Hall–Kier alpha value is -4.19. The maximum absolute atomic E-state index is 12.5. The molecule has 0 bridgehead atoms. The summed E-state index contributed by atoms with van der Waals surface area (Å²) in [6.07, 6.45) is 9.82. The number of esters is 1. The molecule has 0 aliphatic rings. The van der Waals surface area contributed by atoms with Crippen molar-refractivity contribution < 1.29 is 24.1 Å². The van der Waals surface area contributed by atoms with Crippen molar-refractivity contribution in [2.24, 2.45) is 0 Å². The largest absolute Gasteiger partial charge is 0.481 e. The minimum Gasteiger partial charge on any atom is -0.481 e. The van der Waals surface area contributed by atoms with Gasteiger partial charge in [-0.15, -0.1) is 12.8 Å². The molecule has 0 aliphatic carbocycles. The van der Waals surface area contributed by atoms with Gasteiger partial charge >= 0.3 is 5.97 Å². The van der Waals surface area contributed by atoms with Crippen LogP contribution in [0.25, 0.3) is 0 Å². The predicted molar refractivity (Wildman–Crippen MR) is 131 cm³/mol. The Labute approximate surface area is 200 Å². The third kappa shape index (κ3) is 6.65. The van der Waals surface area contributed by atoms with Gasteiger partial charge in [-0.2, -0.15) is 0 Å². The Morgan fingerprint density at radius 1 is 0.853 bits per heavy atom. The Morgan fingerprint density at radius 2 is 1.38 bits per heavy atom. The van der Waals surface area contributed by atoms with E-state index in [1.807, 2.05) is 60.7 Å². The molecule has 0 spiro atoms. The minimum absolute atomic E-state index is 0.0648. The number of benzene rings is 3. The van der Waals surface area contributed by atoms with Crippen LogP contribution in [0.5, 0.6) is 11.5 Å². The highest BCUT2D eigenvalue weighted by molar-refractivity contribution is 5.89. The number of terminal acetylenes is 2. The van der Waals surface area contributed by atoms with E-state index in [1.165, 1.54) is 0 Å². The first-order valence-electron chi connectivity index (χ1n) is 10.8. The molecule has 172 valence electrons. The maximum atomic E-state index is 12.5. The lowest BCUT2D eigenvalue weighted by atomic mass is 9.84. The van der Waals surface area contributed by atoms with Gasteiger partial charge in [0, 0.05) is 5.92 Å². The summed E-state index contributed by atoms with van der Waals surface area (Å²) in [5, 5.41) is 9.42. The molecule has 5 nitrogen and oxygen atoms in total. The van der Waals surface area contributed by atoms with Crippen LogP contribution in [0.1, 0.15) is 39.9 Å². The molecule has 0 aliphatic heterocycles. The molecule has 3 aromatic rings. The molecule has 5 heteroatoms. The monoisotopic (exact) mass is 454 g/mol. The third-order valence-electron chi connectivity index (χ3n) is 4.98. The van der Waals surface area contributed by atoms with Crippen molar-refractivity contribution in [3.8, 4) is 36.2 Å². The van der Waals surface area contributed by atoms with Crippen molar-refractivity contribution in [1.29, 1.82) is 0 Å². The van der Waals surface area contributed by atoms with Crippen LogP contribution in [0.3, 0.4) is 0 Å². The molecule has 0 radical (unpaired) electrons. The Kier molecular flexibility index (Phi) is 8.74. The van der Waals surface area contributed by atoms with E-state index in [9.17, 15) is 9.90 Å². The van der Waals surface area contributed by atoms with Crippen LogP contribution in [-0.2, 0) is 4.74 Å². The Morgan fingerprint density at radius 3 is 1.85 bits per heavy atom. The van der Waals surface area contributed by atoms with Gasteiger partial charge in [0.05, 0.1) is 11.7 Å². The second kappa shape index (κ2) is 12.2. The first-order valence-corrected chi connectivity index (χ1v) is 10.8. The van der Waals surface area contributed by atoms with E-state index in [2.05, 4.69) is 11.8 Å². The van der Waals surface area contributed by atoms with Gasteiger partial charge in [-0.25, -0.2) is 4.79 Å². The smallest absolute Gasteiger partial charge is 0.338 e. The fraction of sp³-hybridized carbons (Fsp3) is 0.207. The molecule has 34 heavy (non-hydrogen) atoms.